The SMILES string of the molecule is CC(=O)NC1C(CCCCCCCCCC(=O)CCCNC(=S)NCC(=O)Nc2ccc(S(=O)(=O)O)c3cccc(S(=O)(=O)O)c23)OC(CO)C(OC2OC(CO)C(O)C(OC3(C(=O)O)CC(O)C(C)C([C@H](O)[C@H](O)CO)O3)C2O)C1OC1OC(C)C(O)C(O)C1O. The molecule has 0 aromatic heterocycles. The summed E-state index contributed by atoms with van der Waals surface area (Å²) < 4.78 is 110. The number of hydrogen-bond donors (Lipinski definition) is 18. The molecule has 33 nitrogen and oxygen atoms in total. The molecule has 6 rings (SSSR count). The van der Waals surface area contributed by atoms with Gasteiger partial charge in [0.15, 0.2) is 17.7 Å². The number of ether oxygens (including phenoxy) is 7. The third-order valence-corrected chi connectivity index (χ3v) is 18.7. The van der Waals surface area contributed by atoms with Crippen molar-refractivity contribution < 1.29 is 140 Å². The first-order valence-electron chi connectivity index (χ1n) is 30.0. The van der Waals surface area contributed by atoms with E-state index in [9.17, 15) is 106 Å². The number of carboxylic acid groups (broad SMARTS) is 1. The third-order valence-electron chi connectivity index (χ3n) is 16.6. The maximum Gasteiger partial charge on any atom is 0.364 e. The normalized spacial score (nSPS) is 32.7. The molecule has 18 N–H and O–H groups in total. The summed E-state index contributed by atoms with van der Waals surface area (Å²) in [5.41, 5.74) is -0.178. The summed E-state index contributed by atoms with van der Waals surface area (Å²) in [6, 6.07) is 4.10. The van der Waals surface area contributed by atoms with Crippen molar-refractivity contribution in [3.63, 3.8) is 0 Å². The maximum atomic E-state index is 13.0. The van der Waals surface area contributed by atoms with Gasteiger partial charge in [0.1, 0.15) is 88.8 Å². The van der Waals surface area contributed by atoms with E-state index in [1.54, 1.807) is 0 Å². The smallest absolute Gasteiger partial charge is 0.364 e. The molecule has 4 aliphatic rings. The van der Waals surface area contributed by atoms with Crippen LogP contribution in [0.1, 0.15) is 97.8 Å². The van der Waals surface area contributed by atoms with E-state index in [1.807, 2.05) is 0 Å². The Morgan fingerprint density at radius 2 is 1.33 bits per heavy atom. The molecule has 0 saturated carbocycles. The van der Waals surface area contributed by atoms with Gasteiger partial charge >= 0.3 is 5.97 Å². The molecule has 36 heteroatoms. The Labute approximate surface area is 535 Å². The number of thiocarbonyl (C=S) groups is 1. The molecule has 2 aromatic carbocycles. The van der Waals surface area contributed by atoms with Gasteiger partial charge in [0.05, 0.1) is 62.5 Å². The van der Waals surface area contributed by atoms with E-state index < -0.39 is 209 Å². The number of anilines is 1. The van der Waals surface area contributed by atoms with Gasteiger partial charge < -0.3 is 116 Å². The highest BCUT2D eigenvalue weighted by molar-refractivity contribution is 7.86. The second-order valence-corrected chi connectivity index (χ2v) is 26.5. The number of carbonyl (C=O) groups is 4. The molecule has 0 spiro atoms. The average molecular weight is 1380 g/mol. The molecule has 4 heterocycles. The van der Waals surface area contributed by atoms with Crippen LogP contribution in [-0.2, 0) is 72.6 Å². The Hall–Kier alpha value is -4.43. The minimum Gasteiger partial charge on any atom is -0.477 e. The van der Waals surface area contributed by atoms with Gasteiger partial charge in [0, 0.05) is 49.4 Å². The monoisotopic (exact) mass is 1370 g/mol. The molecular weight excluding hydrogens is 1290 g/mol. The van der Waals surface area contributed by atoms with Crippen LogP contribution in [0.2, 0.25) is 0 Å². The van der Waals surface area contributed by atoms with Crippen molar-refractivity contribution in [2.24, 2.45) is 5.92 Å². The van der Waals surface area contributed by atoms with Crippen molar-refractivity contribution >= 4 is 77.6 Å². The van der Waals surface area contributed by atoms with Crippen LogP contribution in [0.5, 0.6) is 0 Å². The van der Waals surface area contributed by atoms with Crippen LogP contribution in [0.3, 0.4) is 0 Å². The van der Waals surface area contributed by atoms with Crippen molar-refractivity contribution in [2.45, 2.75) is 230 Å². The molecule has 2 aromatic rings. The lowest BCUT2D eigenvalue weighted by Crippen LogP contribution is -2.70. The number of fused-ring (bicyclic) bond motifs is 1. The van der Waals surface area contributed by atoms with Crippen molar-refractivity contribution in [2.75, 3.05) is 38.2 Å². The lowest BCUT2D eigenvalue weighted by atomic mass is 9.84. The van der Waals surface area contributed by atoms with Gasteiger partial charge in [-0.05, 0) is 56.6 Å². The van der Waals surface area contributed by atoms with E-state index in [4.69, 9.17) is 45.4 Å². The van der Waals surface area contributed by atoms with E-state index in [0.29, 0.717) is 32.1 Å². The summed E-state index contributed by atoms with van der Waals surface area (Å²) in [6.45, 7) is 0.897. The van der Waals surface area contributed by atoms with Gasteiger partial charge in [0.2, 0.25) is 11.8 Å². The highest BCUT2D eigenvalue weighted by Crippen LogP contribution is 2.41. The summed E-state index contributed by atoms with van der Waals surface area (Å²) in [5.74, 6) is -7.34. The Bertz CT molecular complexity index is 3050. The quantitative estimate of drug-likeness (QED) is 0.0193. The van der Waals surface area contributed by atoms with Gasteiger partial charge in [-0.2, -0.15) is 16.8 Å². The number of ketones is 1. The fourth-order valence-electron chi connectivity index (χ4n) is 11.6. The van der Waals surface area contributed by atoms with Crippen molar-refractivity contribution in [1.29, 1.82) is 0 Å². The van der Waals surface area contributed by atoms with Gasteiger partial charge in [-0.1, -0.05) is 57.6 Å². The molecule has 4 aliphatic heterocycles. The first kappa shape index (κ1) is 76.6. The van der Waals surface area contributed by atoms with Crippen molar-refractivity contribution in [3.05, 3.63) is 30.3 Å². The van der Waals surface area contributed by atoms with Crippen LogP contribution in [0.4, 0.5) is 5.69 Å². The number of carbonyl (C=O) groups excluding carboxylic acids is 3. The third kappa shape index (κ3) is 19.4. The number of aliphatic hydroxyl groups excluding tert-OH is 11. The van der Waals surface area contributed by atoms with Crippen LogP contribution in [-0.4, -0.2) is 271 Å². The molecular formula is C56H86N4O29S3. The number of rotatable bonds is 32. The highest BCUT2D eigenvalue weighted by atomic mass is 32.2. The largest absolute Gasteiger partial charge is 0.477 e. The van der Waals surface area contributed by atoms with Crippen LogP contribution in [0, 0.1) is 5.92 Å². The minimum atomic E-state index is -4.91. The van der Waals surface area contributed by atoms with Crippen LogP contribution >= 0.6 is 12.2 Å². The molecule has 0 aliphatic carbocycles. The number of unbranched alkanes of at least 4 members (excludes halogenated alkanes) is 6. The first-order chi connectivity index (χ1) is 43.3. The minimum absolute atomic E-state index is 0.0182. The van der Waals surface area contributed by atoms with Crippen molar-refractivity contribution in [1.82, 2.24) is 16.0 Å². The lowest BCUT2D eigenvalue weighted by molar-refractivity contribution is -0.387. The Morgan fingerprint density at radius 1 is 0.707 bits per heavy atom. The first-order valence-corrected chi connectivity index (χ1v) is 33.3. The number of benzene rings is 2. The summed E-state index contributed by atoms with van der Waals surface area (Å²) in [4.78, 5) is 50.2. The van der Waals surface area contributed by atoms with Crippen LogP contribution < -0.4 is 21.3 Å². The predicted molar refractivity (Wildman–Crippen MR) is 319 cm³/mol. The van der Waals surface area contributed by atoms with Gasteiger partial charge in [-0.15, -0.1) is 0 Å². The van der Waals surface area contributed by atoms with Crippen LogP contribution in [0.25, 0.3) is 10.8 Å². The second-order valence-electron chi connectivity index (χ2n) is 23.4. The molecule has 4 fully saturated rings. The van der Waals surface area contributed by atoms with E-state index in [0.717, 1.165) is 49.9 Å². The van der Waals surface area contributed by atoms with Crippen molar-refractivity contribution in [3.8, 4) is 0 Å². The van der Waals surface area contributed by atoms with Crippen LogP contribution in [0.15, 0.2) is 40.1 Å². The zero-order valence-electron chi connectivity index (χ0n) is 50.6. The van der Waals surface area contributed by atoms with Gasteiger partial charge in [-0.3, -0.25) is 23.5 Å². The maximum absolute atomic E-state index is 13.0. The Balaban J connectivity index is 1.01. The molecule has 4 saturated heterocycles. The van der Waals surface area contributed by atoms with E-state index in [2.05, 4.69) is 21.3 Å². The number of Topliss-reactive ketones (excluding diaryl/α,β-unsaturated/α-hetero) is 1. The molecule has 0 radical (unpaired) electrons. The fraction of sp³-hybridized carbons (Fsp3) is 0.732. The summed E-state index contributed by atoms with van der Waals surface area (Å²) in [6.07, 6.45) is -26.3. The molecule has 92 heavy (non-hydrogen) atoms. The van der Waals surface area contributed by atoms with Gasteiger partial charge in [0.25, 0.3) is 26.0 Å². The predicted octanol–water partition coefficient (Wildman–Crippen LogP) is -3.44. The molecule has 522 valence electrons. The molecule has 2 amide bonds. The number of hydrogen-bond acceptors (Lipinski definition) is 27. The zero-order valence-corrected chi connectivity index (χ0v) is 53.0. The number of aliphatic carboxylic acids is 1. The molecule has 21 atom stereocenters. The Morgan fingerprint density at radius 3 is 1.95 bits per heavy atom. The number of nitrogens with one attached hydrogen (secondary N) is 4. The fourth-order valence-corrected chi connectivity index (χ4v) is 13.2. The topological polar surface area (TPSA) is 533 Å². The summed E-state index contributed by atoms with van der Waals surface area (Å²) in [7, 11) is -9.75. The summed E-state index contributed by atoms with van der Waals surface area (Å²) in [5, 5.41) is 139. The highest BCUT2D eigenvalue weighted by Gasteiger charge is 2.60. The average Bonchev–Trinajstić information content (AvgIpc) is 0.770. The van der Waals surface area contributed by atoms with E-state index >= 15 is 0 Å². The lowest BCUT2D eigenvalue weighted by Gasteiger charge is -2.52. The standard InChI is InChI=1S/C56H86N4O29S3/c1-26-32(66)21-56(54(75)76,88-48(26)43(70)33(67)23-61)89-51-44(71)35(24-62)85-53(47(51)74)86-49-36(25-63)84-34(41(59-28(3)64)50(49)87-52-46(73)45(72)42(69)27(2)83-52)16-10-8-6-4-5-7-9-13-29(65)14-12-20-57-55(90)58-22-39(68)60-31-18-19-37(91(77,78)79)30-15-11-17-38(40(30)31)92(80,81)82/h11,15,17-19,26-27,32-36,41-53,61-63,66-67,69-74H,4-10,12-14,16,20-25H2,1-3H3,(H,59,64)(H,60,68)(H,75,76)(H2,57,58,90)(H,77,78,79)(H,80,81,82)/t26?,27?,32?,33-,34?,35?,36?,41?,42?,43-,44?,45?,46?,47?,48?,49?,50?,51?,52?,53?,56?/m1/s1. The number of carboxylic acids is 1. The second kappa shape index (κ2) is 34.0. The zero-order chi connectivity index (χ0) is 68.2. The van der Waals surface area contributed by atoms with E-state index in [1.165, 1.54) is 26.8 Å². The van der Waals surface area contributed by atoms with E-state index in [-0.39, 0.29) is 46.7 Å². The summed E-state index contributed by atoms with van der Waals surface area (Å²) >= 11 is 5.24. The van der Waals surface area contributed by atoms with Gasteiger partial charge in [-0.25, -0.2) is 4.79 Å². The Kier molecular flexibility index (Phi) is 28.3. The molecule has 19 unspecified atom stereocenters. The number of aliphatic hydroxyl groups is 11. The number of amides is 2. The molecule has 0 bridgehead atoms.